The number of fused-ring (bicyclic) bond motifs is 2. The molecule has 3 heteroatoms. The second-order valence-electron chi connectivity index (χ2n) is 8.50. The zero-order valence-corrected chi connectivity index (χ0v) is 20.3. The van der Waals surface area contributed by atoms with Gasteiger partial charge in [-0.25, -0.2) is 0 Å². The van der Waals surface area contributed by atoms with Crippen molar-refractivity contribution in [2.24, 2.45) is 0 Å². The molecule has 4 aromatic carbocycles. The number of benzene rings is 4. The quantitative estimate of drug-likeness (QED) is 0.262. The molecular formula is C30H20F2Zr. The number of hydrogen-bond acceptors (Lipinski definition) is 0. The Morgan fingerprint density at radius 3 is 1.30 bits per heavy atom. The van der Waals surface area contributed by atoms with Crippen LogP contribution in [0.15, 0.2) is 97.1 Å². The molecule has 158 valence electrons. The van der Waals surface area contributed by atoms with Crippen molar-refractivity contribution in [3.8, 4) is 0 Å². The van der Waals surface area contributed by atoms with Crippen LogP contribution in [0.1, 0.15) is 40.6 Å². The number of halogens is 2. The Morgan fingerprint density at radius 1 is 0.485 bits per heavy atom. The molecule has 0 bridgehead atoms. The Balaban J connectivity index is 1.44. The molecule has 2 aliphatic carbocycles. The molecule has 0 N–H and O–H groups in total. The van der Waals surface area contributed by atoms with Crippen LogP contribution in [-0.2, 0) is 23.2 Å². The summed E-state index contributed by atoms with van der Waals surface area (Å²) in [5.74, 6) is -0.421. The van der Waals surface area contributed by atoms with Gasteiger partial charge in [-0.1, -0.05) is 0 Å². The minimum atomic E-state index is -1.15. The van der Waals surface area contributed by atoms with Gasteiger partial charge in [0, 0.05) is 0 Å². The van der Waals surface area contributed by atoms with Gasteiger partial charge in [0.25, 0.3) is 0 Å². The van der Waals surface area contributed by atoms with Crippen molar-refractivity contribution < 1.29 is 32.0 Å². The van der Waals surface area contributed by atoms with E-state index in [4.69, 9.17) is 0 Å². The van der Waals surface area contributed by atoms with Crippen LogP contribution in [0.4, 0.5) is 8.78 Å². The fourth-order valence-corrected chi connectivity index (χ4v) is 10.1. The zero-order valence-electron chi connectivity index (χ0n) is 17.8. The summed E-state index contributed by atoms with van der Waals surface area (Å²) in [6, 6.07) is 31.1. The van der Waals surface area contributed by atoms with Crippen LogP contribution in [0.3, 0.4) is 0 Å². The average Bonchev–Trinajstić information content (AvgIpc) is 3.39. The number of hydrogen-bond donors (Lipinski definition) is 0. The molecule has 0 nitrogen and oxygen atoms in total. The van der Waals surface area contributed by atoms with E-state index in [1.54, 1.807) is 24.3 Å². The zero-order chi connectivity index (χ0) is 22.4. The van der Waals surface area contributed by atoms with E-state index in [0.717, 1.165) is 11.1 Å². The Bertz CT molecular complexity index is 1290. The molecule has 0 heterocycles. The molecule has 0 saturated heterocycles. The van der Waals surface area contributed by atoms with E-state index in [0.29, 0.717) is 7.25 Å². The van der Waals surface area contributed by atoms with Crippen molar-refractivity contribution in [1.29, 1.82) is 0 Å². The van der Waals surface area contributed by atoms with Gasteiger partial charge in [0.2, 0.25) is 0 Å². The maximum atomic E-state index is 13.7. The van der Waals surface area contributed by atoms with E-state index < -0.39 is 23.2 Å². The molecule has 0 fully saturated rings. The molecule has 0 radical (unpaired) electrons. The molecule has 0 spiro atoms. The van der Waals surface area contributed by atoms with Gasteiger partial charge >= 0.3 is 205 Å². The monoisotopic (exact) mass is 508 g/mol. The third kappa shape index (κ3) is 3.79. The molecule has 2 aliphatic rings. The standard InChI is InChI=1S/2C15H10F.Zr/c2*16-15-7-5-11(6-8-15)14-9-12-3-1-2-4-13(12)10-14;/h2*1-10H;. The summed E-state index contributed by atoms with van der Waals surface area (Å²) in [5.41, 5.74) is 10.1. The van der Waals surface area contributed by atoms with Crippen LogP contribution in [0, 0.1) is 11.6 Å². The van der Waals surface area contributed by atoms with Crippen LogP contribution in [0.25, 0.3) is 23.3 Å². The third-order valence-corrected chi connectivity index (χ3v) is 11.2. The topological polar surface area (TPSA) is 0 Å². The molecule has 2 atom stereocenters. The summed E-state index contributed by atoms with van der Waals surface area (Å²) in [6.07, 6.45) is 4.58. The third-order valence-electron chi connectivity index (χ3n) is 6.55. The first-order chi connectivity index (χ1) is 16.2. The van der Waals surface area contributed by atoms with Crippen molar-refractivity contribution in [3.63, 3.8) is 0 Å². The van der Waals surface area contributed by atoms with Gasteiger partial charge in [-0.05, 0) is 0 Å². The van der Waals surface area contributed by atoms with Gasteiger partial charge in [-0.3, -0.25) is 0 Å². The van der Waals surface area contributed by atoms with Gasteiger partial charge in [-0.2, -0.15) is 0 Å². The predicted octanol–water partition coefficient (Wildman–Crippen LogP) is 7.94. The Hall–Kier alpha value is -2.90. The summed E-state index contributed by atoms with van der Waals surface area (Å²) in [7, 11) is 0. The van der Waals surface area contributed by atoms with Crippen molar-refractivity contribution in [3.05, 3.63) is 142 Å². The first-order valence-electron chi connectivity index (χ1n) is 11.1. The van der Waals surface area contributed by atoms with Crippen LogP contribution in [-0.4, -0.2) is 0 Å². The van der Waals surface area contributed by atoms with E-state index in [2.05, 4.69) is 60.7 Å². The van der Waals surface area contributed by atoms with E-state index in [1.807, 2.05) is 24.3 Å². The summed E-state index contributed by atoms with van der Waals surface area (Å²) < 4.78 is 28.0. The van der Waals surface area contributed by atoms with Gasteiger partial charge in [-0.15, -0.1) is 0 Å². The molecule has 33 heavy (non-hydrogen) atoms. The summed E-state index contributed by atoms with van der Waals surface area (Å²) in [4.78, 5) is 0. The molecule has 0 amide bonds. The van der Waals surface area contributed by atoms with Gasteiger partial charge in [0.15, 0.2) is 0 Å². The van der Waals surface area contributed by atoms with Crippen molar-refractivity contribution in [2.75, 3.05) is 0 Å². The van der Waals surface area contributed by atoms with E-state index in [1.165, 1.54) is 33.4 Å². The second-order valence-corrected chi connectivity index (χ2v) is 12.2. The van der Waals surface area contributed by atoms with Crippen LogP contribution < -0.4 is 0 Å². The van der Waals surface area contributed by atoms with Gasteiger partial charge < -0.3 is 0 Å². The van der Waals surface area contributed by atoms with E-state index in [9.17, 15) is 8.78 Å². The van der Waals surface area contributed by atoms with Crippen LogP contribution in [0.2, 0.25) is 0 Å². The summed E-state index contributed by atoms with van der Waals surface area (Å²) in [6.45, 7) is 0. The molecule has 6 rings (SSSR count). The molecular weight excluding hydrogens is 490 g/mol. The maximum absolute atomic E-state index is 13.7. The normalized spacial score (nSPS) is 18.4. The SMILES string of the molecule is Fc1ccc(C2=Cc3ccccc3[CH]2[Zr][CH]2C(c3ccc(F)cc3)=Cc3ccccc32)cc1. The molecule has 0 aromatic heterocycles. The van der Waals surface area contributed by atoms with Gasteiger partial charge in [0.05, 0.1) is 0 Å². The van der Waals surface area contributed by atoms with Crippen molar-refractivity contribution >= 4 is 23.3 Å². The fraction of sp³-hybridized carbons (Fsp3) is 0.0667. The molecule has 0 aliphatic heterocycles. The Kier molecular flexibility index (Phi) is 5.31. The van der Waals surface area contributed by atoms with Gasteiger partial charge in [0.1, 0.15) is 0 Å². The molecule has 2 unspecified atom stereocenters. The second kappa shape index (κ2) is 8.47. The van der Waals surface area contributed by atoms with Crippen LogP contribution >= 0.6 is 0 Å². The first-order valence-corrected chi connectivity index (χ1v) is 13.9. The first kappa shape index (κ1) is 20.7. The molecule has 4 aromatic rings. The van der Waals surface area contributed by atoms with Crippen molar-refractivity contribution in [1.82, 2.24) is 0 Å². The van der Waals surface area contributed by atoms with E-state index >= 15 is 0 Å². The Morgan fingerprint density at radius 2 is 0.879 bits per heavy atom. The van der Waals surface area contributed by atoms with Crippen molar-refractivity contribution in [2.45, 2.75) is 7.25 Å². The predicted molar refractivity (Wildman–Crippen MR) is 127 cm³/mol. The molecule has 0 saturated carbocycles. The fourth-order valence-electron chi connectivity index (χ4n) is 4.96. The minimum absolute atomic E-state index is 0.211. The Labute approximate surface area is 203 Å². The number of allylic oxidation sites excluding steroid dienone is 2. The van der Waals surface area contributed by atoms with E-state index in [-0.39, 0.29) is 11.6 Å². The summed E-state index contributed by atoms with van der Waals surface area (Å²) >= 11 is -1.15. The van der Waals surface area contributed by atoms with Crippen LogP contribution in [0.5, 0.6) is 0 Å². The average molecular weight is 510 g/mol. The number of rotatable bonds is 4. The summed E-state index contributed by atoms with van der Waals surface area (Å²) in [5, 5.41) is 0.